The molecule has 3 heterocycles. The molecule has 236 valence electrons. The molecular formula is C35H32Cl2FN5O3. The molecule has 8 nitrogen and oxygen atoms in total. The van der Waals surface area contributed by atoms with Crippen molar-refractivity contribution in [3.63, 3.8) is 0 Å². The molecule has 4 atom stereocenters. The van der Waals surface area contributed by atoms with E-state index in [0.29, 0.717) is 71.1 Å². The highest BCUT2D eigenvalue weighted by atomic mass is 35.5. The number of likely N-dealkylation sites (tertiary alicyclic amines) is 1. The van der Waals surface area contributed by atoms with E-state index in [4.69, 9.17) is 32.9 Å². The van der Waals surface area contributed by atoms with E-state index < -0.39 is 29.2 Å². The number of nitrogens with zero attached hydrogens (tertiary/aromatic N) is 4. The van der Waals surface area contributed by atoms with Crippen LogP contribution in [0.4, 0.5) is 10.1 Å². The van der Waals surface area contributed by atoms with Gasteiger partial charge in [0, 0.05) is 40.7 Å². The van der Waals surface area contributed by atoms with E-state index in [2.05, 4.69) is 27.4 Å². The largest absolute Gasteiger partial charge is 0.465 e. The van der Waals surface area contributed by atoms with Gasteiger partial charge in [-0.2, -0.15) is 5.26 Å². The Morgan fingerprint density at radius 1 is 1.20 bits per heavy atom. The molecule has 11 heteroatoms. The van der Waals surface area contributed by atoms with Gasteiger partial charge in [-0.3, -0.25) is 9.69 Å². The fourth-order valence-electron chi connectivity index (χ4n) is 7.36. The Balaban J connectivity index is 1.54. The minimum atomic E-state index is -1.29. The lowest BCUT2D eigenvalue weighted by Crippen LogP contribution is -2.56. The number of methoxy groups -OCH3 is 1. The summed E-state index contributed by atoms with van der Waals surface area (Å²) in [6, 6.07) is 18.9. The molecule has 0 bridgehead atoms. The fourth-order valence-corrected chi connectivity index (χ4v) is 7.73. The van der Waals surface area contributed by atoms with Crippen LogP contribution in [0.25, 0.3) is 11.0 Å². The number of carbonyl (C=O) groups is 2. The van der Waals surface area contributed by atoms with Crippen LogP contribution in [0.15, 0.2) is 72.8 Å². The molecule has 0 saturated carbocycles. The van der Waals surface area contributed by atoms with Crippen molar-refractivity contribution in [1.29, 1.82) is 5.26 Å². The van der Waals surface area contributed by atoms with Crippen molar-refractivity contribution in [2.45, 2.75) is 56.1 Å². The maximum absolute atomic E-state index is 16.2. The Labute approximate surface area is 276 Å². The lowest BCUT2D eigenvalue weighted by Gasteiger charge is -2.40. The van der Waals surface area contributed by atoms with Gasteiger partial charge in [-0.1, -0.05) is 48.0 Å². The lowest BCUT2D eigenvalue weighted by atomic mass is 9.73. The van der Waals surface area contributed by atoms with Crippen LogP contribution in [-0.2, 0) is 16.1 Å². The first-order chi connectivity index (χ1) is 22.1. The Hall–Kier alpha value is -4.23. The lowest BCUT2D eigenvalue weighted by molar-refractivity contribution is -0.127. The molecule has 3 aromatic carbocycles. The summed E-state index contributed by atoms with van der Waals surface area (Å²) in [4.78, 5) is 34.2. The number of benzene rings is 3. The van der Waals surface area contributed by atoms with Crippen molar-refractivity contribution < 1.29 is 18.7 Å². The van der Waals surface area contributed by atoms with Gasteiger partial charge in [-0.05, 0) is 80.8 Å². The highest BCUT2D eigenvalue weighted by molar-refractivity contribution is 6.31. The number of rotatable bonds is 8. The minimum absolute atomic E-state index is 0.0394. The maximum atomic E-state index is 16.2. The molecule has 6 rings (SSSR count). The number of aryl methyl sites for hydroxylation is 1. The monoisotopic (exact) mass is 659 g/mol. The zero-order valence-corrected chi connectivity index (χ0v) is 26.9. The van der Waals surface area contributed by atoms with Gasteiger partial charge in [-0.25, -0.2) is 14.2 Å². The zero-order chi connectivity index (χ0) is 32.7. The predicted molar refractivity (Wildman–Crippen MR) is 176 cm³/mol. The maximum Gasteiger partial charge on any atom is 0.337 e. The number of hydrogen-bond donors (Lipinski definition) is 1. The average Bonchev–Trinajstić information content (AvgIpc) is 3.54. The molecule has 0 spiro atoms. The molecule has 46 heavy (non-hydrogen) atoms. The van der Waals surface area contributed by atoms with Crippen LogP contribution in [0.3, 0.4) is 0 Å². The summed E-state index contributed by atoms with van der Waals surface area (Å²) in [5.74, 6) is -1.83. The number of esters is 1. The topological polar surface area (TPSA) is 100 Å². The smallest absolute Gasteiger partial charge is 0.337 e. The molecule has 2 aliphatic rings. The third-order valence-electron chi connectivity index (χ3n) is 9.42. The summed E-state index contributed by atoms with van der Waals surface area (Å²) in [7, 11) is 1.33. The first-order valence-corrected chi connectivity index (χ1v) is 15.8. The zero-order valence-electron chi connectivity index (χ0n) is 25.4. The van der Waals surface area contributed by atoms with E-state index in [1.165, 1.54) is 13.2 Å². The molecule has 1 N–H and O–H groups in total. The van der Waals surface area contributed by atoms with Crippen molar-refractivity contribution in [3.05, 3.63) is 106 Å². The van der Waals surface area contributed by atoms with Gasteiger partial charge < -0.3 is 14.6 Å². The number of aromatic nitrogens is 2. The number of ether oxygens (including phenoxy) is 1. The molecule has 4 aromatic rings. The predicted octanol–water partition coefficient (Wildman–Crippen LogP) is 7.48. The number of hydrogen-bond acceptors (Lipinski definition) is 6. The molecule has 1 fully saturated rings. The van der Waals surface area contributed by atoms with E-state index >= 15 is 4.39 Å². The van der Waals surface area contributed by atoms with Crippen molar-refractivity contribution in [2.24, 2.45) is 0 Å². The van der Waals surface area contributed by atoms with Gasteiger partial charge in [0.25, 0.3) is 0 Å². The molecule has 1 amide bonds. The van der Waals surface area contributed by atoms with Crippen LogP contribution < -0.4 is 5.32 Å². The molecule has 1 aromatic heterocycles. The van der Waals surface area contributed by atoms with Gasteiger partial charge in [0.2, 0.25) is 5.91 Å². The first-order valence-electron chi connectivity index (χ1n) is 15.0. The van der Waals surface area contributed by atoms with Crippen LogP contribution in [-0.4, -0.2) is 51.6 Å². The SMILES string of the molecule is C=C(C#N)CCCN1[C@H]2CCn3c(nc4cc(C(=O)OC)ccc43)[C@H]2[C@H](c2cccc(Cl)c2F)[C@]1(C)C(=O)Nc1cccc(Cl)c1. The summed E-state index contributed by atoms with van der Waals surface area (Å²) in [5.41, 5.74) is 1.80. The molecule has 0 unspecified atom stereocenters. The second kappa shape index (κ2) is 12.5. The summed E-state index contributed by atoms with van der Waals surface area (Å²) >= 11 is 12.6. The summed E-state index contributed by atoms with van der Waals surface area (Å²) in [6.45, 7) is 6.73. The van der Waals surface area contributed by atoms with Crippen molar-refractivity contribution in [3.8, 4) is 6.07 Å². The highest BCUT2D eigenvalue weighted by Gasteiger charge is 2.63. The standard InChI is InChI=1S/C35H32Cl2FN5O3/c1-20(19-39)7-6-15-43-28-14-16-42-27-13-12-21(33(44)46-3)17-26(27)41-32(42)29(28)30(24-10-5-11-25(37)31(24)38)35(43,2)34(45)40-23-9-4-8-22(36)18-23/h4-5,8-13,17-18,28-30H,1,6-7,14-16H2,2-3H3,(H,40,45)/t28-,29+,30-,35+/m0/s1. The number of anilines is 1. The van der Waals surface area contributed by atoms with Gasteiger partial charge in [0.05, 0.1) is 34.8 Å². The second-order valence-corrected chi connectivity index (χ2v) is 12.8. The van der Waals surface area contributed by atoms with Gasteiger partial charge >= 0.3 is 5.97 Å². The van der Waals surface area contributed by atoms with Gasteiger partial charge in [-0.15, -0.1) is 0 Å². The van der Waals surface area contributed by atoms with E-state index in [9.17, 15) is 14.9 Å². The Kier molecular flexibility index (Phi) is 8.64. The van der Waals surface area contributed by atoms with E-state index in [1.54, 1.807) is 48.5 Å². The number of carbonyl (C=O) groups excluding carboxylic acids is 2. The van der Waals surface area contributed by atoms with E-state index in [-0.39, 0.29) is 17.0 Å². The molecule has 0 aliphatic carbocycles. The third-order valence-corrected chi connectivity index (χ3v) is 9.94. The van der Waals surface area contributed by atoms with Crippen molar-refractivity contribution in [1.82, 2.24) is 14.5 Å². The number of imidazole rings is 1. The molecule has 2 aliphatic heterocycles. The van der Waals surface area contributed by atoms with Crippen LogP contribution in [0.5, 0.6) is 0 Å². The normalized spacial score (nSPS) is 22.1. The number of amides is 1. The number of fused-ring (bicyclic) bond motifs is 5. The summed E-state index contributed by atoms with van der Waals surface area (Å²) in [6.07, 6.45) is 1.68. The van der Waals surface area contributed by atoms with Crippen LogP contribution in [0.2, 0.25) is 10.0 Å². The van der Waals surface area contributed by atoms with Gasteiger partial charge in [0.15, 0.2) is 0 Å². The quantitative estimate of drug-likeness (QED) is 0.155. The number of allylic oxidation sites excluding steroid dienone is 1. The molecule has 1 saturated heterocycles. The summed E-state index contributed by atoms with van der Waals surface area (Å²) in [5, 5.41) is 12.8. The minimum Gasteiger partial charge on any atom is -0.465 e. The fraction of sp³-hybridized carbons (Fsp3) is 0.314. The van der Waals surface area contributed by atoms with Crippen molar-refractivity contribution >= 4 is 51.8 Å². The number of nitriles is 1. The highest BCUT2D eigenvalue weighted by Crippen LogP contribution is 2.57. The number of nitrogens with one attached hydrogen (secondary N) is 1. The Bertz CT molecular complexity index is 1920. The van der Waals surface area contributed by atoms with E-state index in [1.807, 2.05) is 13.0 Å². The number of halogens is 3. The van der Waals surface area contributed by atoms with Crippen LogP contribution in [0, 0.1) is 17.1 Å². The second-order valence-electron chi connectivity index (χ2n) is 11.9. The van der Waals surface area contributed by atoms with Gasteiger partial charge in [0.1, 0.15) is 17.2 Å². The van der Waals surface area contributed by atoms with E-state index in [0.717, 1.165) is 5.52 Å². The summed E-state index contributed by atoms with van der Waals surface area (Å²) < 4.78 is 23.2. The first kappa shape index (κ1) is 31.7. The Morgan fingerprint density at radius 2 is 1.98 bits per heavy atom. The van der Waals surface area contributed by atoms with Crippen molar-refractivity contribution in [2.75, 3.05) is 19.0 Å². The molecular weight excluding hydrogens is 628 g/mol. The Morgan fingerprint density at radius 3 is 2.72 bits per heavy atom. The van der Waals surface area contributed by atoms with Crippen LogP contribution in [0.1, 0.15) is 59.8 Å². The molecule has 0 radical (unpaired) electrons. The van der Waals surface area contributed by atoms with Crippen LogP contribution >= 0.6 is 23.2 Å². The third kappa shape index (κ3) is 5.34. The average molecular weight is 661 g/mol.